The van der Waals surface area contributed by atoms with Crippen molar-refractivity contribution in [1.29, 1.82) is 0 Å². The van der Waals surface area contributed by atoms with Crippen molar-refractivity contribution >= 4 is 32.5 Å². The molecule has 118 valence electrons. The van der Waals surface area contributed by atoms with E-state index in [4.69, 9.17) is 11.6 Å². The van der Waals surface area contributed by atoms with Gasteiger partial charge in [-0.2, -0.15) is 0 Å². The van der Waals surface area contributed by atoms with Gasteiger partial charge in [-0.05, 0) is 43.0 Å². The van der Waals surface area contributed by atoms with E-state index in [1.54, 1.807) is 18.3 Å². The molecule has 7 heteroatoms. The summed E-state index contributed by atoms with van der Waals surface area (Å²) in [5.41, 5.74) is 0.466. The maximum Gasteiger partial charge on any atom is 0.241 e. The molecule has 1 fully saturated rings. The highest BCUT2D eigenvalue weighted by Gasteiger charge is 2.27. The Balaban J connectivity index is 1.91. The molecule has 2 atom stereocenters. The zero-order valence-electron chi connectivity index (χ0n) is 11.9. The van der Waals surface area contributed by atoms with Gasteiger partial charge in [-0.3, -0.25) is 4.98 Å². The van der Waals surface area contributed by atoms with Crippen molar-refractivity contribution in [2.24, 2.45) is 5.92 Å². The van der Waals surface area contributed by atoms with Gasteiger partial charge in [0.25, 0.3) is 0 Å². The van der Waals surface area contributed by atoms with Gasteiger partial charge in [0.15, 0.2) is 0 Å². The molecule has 22 heavy (non-hydrogen) atoms. The van der Waals surface area contributed by atoms with E-state index in [9.17, 15) is 13.5 Å². The quantitative estimate of drug-likeness (QED) is 0.895. The largest absolute Gasteiger partial charge is 0.393 e. The smallest absolute Gasteiger partial charge is 0.241 e. The zero-order valence-corrected chi connectivity index (χ0v) is 13.4. The topological polar surface area (TPSA) is 79.3 Å². The summed E-state index contributed by atoms with van der Waals surface area (Å²) in [4.78, 5) is 4.30. The molecule has 3 rings (SSSR count). The minimum atomic E-state index is -3.67. The van der Waals surface area contributed by atoms with Crippen LogP contribution in [0.25, 0.3) is 10.9 Å². The van der Waals surface area contributed by atoms with Gasteiger partial charge in [0.1, 0.15) is 0 Å². The number of aliphatic hydroxyl groups excluding tert-OH is 1. The highest BCUT2D eigenvalue weighted by atomic mass is 35.5. The second-order valence-corrected chi connectivity index (χ2v) is 7.70. The van der Waals surface area contributed by atoms with Crippen LogP contribution in [-0.4, -0.2) is 31.2 Å². The Kier molecular flexibility index (Phi) is 4.36. The Labute approximate surface area is 134 Å². The van der Waals surface area contributed by atoms with Crippen LogP contribution in [0.3, 0.4) is 0 Å². The lowest BCUT2D eigenvalue weighted by Gasteiger charge is -2.16. The van der Waals surface area contributed by atoms with Crippen LogP contribution in [0.15, 0.2) is 35.4 Å². The minimum absolute atomic E-state index is 0.0218. The minimum Gasteiger partial charge on any atom is -0.393 e. The average Bonchev–Trinajstić information content (AvgIpc) is 2.91. The fourth-order valence-corrected chi connectivity index (χ4v) is 4.40. The van der Waals surface area contributed by atoms with Crippen molar-refractivity contribution in [3.05, 3.63) is 35.5 Å². The van der Waals surface area contributed by atoms with Crippen molar-refractivity contribution in [1.82, 2.24) is 9.71 Å². The van der Waals surface area contributed by atoms with Crippen LogP contribution in [0.2, 0.25) is 5.02 Å². The van der Waals surface area contributed by atoms with Gasteiger partial charge in [-0.1, -0.05) is 18.0 Å². The number of nitrogens with zero attached hydrogens (tertiary/aromatic N) is 1. The van der Waals surface area contributed by atoms with Crippen molar-refractivity contribution < 1.29 is 13.5 Å². The number of hydrogen-bond donors (Lipinski definition) is 2. The lowest BCUT2D eigenvalue weighted by molar-refractivity contribution is 0.134. The van der Waals surface area contributed by atoms with Crippen LogP contribution >= 0.6 is 11.6 Å². The molecule has 0 aliphatic heterocycles. The van der Waals surface area contributed by atoms with Gasteiger partial charge >= 0.3 is 0 Å². The summed E-state index contributed by atoms with van der Waals surface area (Å²) in [7, 11) is -3.67. The van der Waals surface area contributed by atoms with Crippen LogP contribution in [0, 0.1) is 5.92 Å². The molecule has 1 aliphatic carbocycles. The number of aliphatic hydroxyl groups is 1. The molecule has 0 spiro atoms. The molecule has 0 unspecified atom stereocenters. The molecular formula is C15H17ClN2O3S. The molecule has 2 N–H and O–H groups in total. The summed E-state index contributed by atoms with van der Waals surface area (Å²) in [6.07, 6.45) is 3.66. The van der Waals surface area contributed by atoms with Crippen molar-refractivity contribution in [2.75, 3.05) is 6.54 Å². The van der Waals surface area contributed by atoms with Gasteiger partial charge < -0.3 is 5.11 Å². The lowest BCUT2D eigenvalue weighted by Crippen LogP contribution is -2.32. The number of pyridine rings is 1. The van der Waals surface area contributed by atoms with Gasteiger partial charge in [0.2, 0.25) is 10.0 Å². The van der Waals surface area contributed by atoms with E-state index in [0.717, 1.165) is 19.3 Å². The first-order valence-electron chi connectivity index (χ1n) is 7.20. The van der Waals surface area contributed by atoms with E-state index in [0.29, 0.717) is 15.9 Å². The number of aromatic nitrogens is 1. The van der Waals surface area contributed by atoms with Crippen molar-refractivity contribution in [2.45, 2.75) is 30.3 Å². The predicted octanol–water partition coefficient (Wildman–Crippen LogP) is 2.33. The van der Waals surface area contributed by atoms with E-state index in [1.807, 2.05) is 0 Å². The van der Waals surface area contributed by atoms with Crippen LogP contribution in [-0.2, 0) is 10.0 Å². The molecule has 2 aromatic rings. The predicted molar refractivity (Wildman–Crippen MR) is 85.3 cm³/mol. The van der Waals surface area contributed by atoms with Crippen LogP contribution in [0.5, 0.6) is 0 Å². The molecule has 1 aliphatic rings. The molecule has 1 aromatic carbocycles. The Morgan fingerprint density at radius 2 is 2.14 bits per heavy atom. The standard InChI is InChI=1S/C15H17ClN2O3S/c16-12-6-7-14(11-4-2-8-17-15(11)12)22(20,21)18-9-10-3-1-5-13(10)19/h2,4,6-8,10,13,18-19H,1,3,5,9H2/t10-,13+/m0/s1. The van der Waals surface area contributed by atoms with Gasteiger partial charge in [-0.15, -0.1) is 0 Å². The highest BCUT2D eigenvalue weighted by molar-refractivity contribution is 7.89. The molecule has 0 bridgehead atoms. The van der Waals surface area contributed by atoms with Gasteiger partial charge in [-0.25, -0.2) is 13.1 Å². The molecule has 5 nitrogen and oxygen atoms in total. The van der Waals surface area contributed by atoms with Crippen LogP contribution in [0.4, 0.5) is 0 Å². The Morgan fingerprint density at radius 3 is 2.86 bits per heavy atom. The molecule has 1 saturated carbocycles. The van der Waals surface area contributed by atoms with Crippen LogP contribution < -0.4 is 4.72 Å². The third-order valence-corrected chi connectivity index (χ3v) is 5.91. The fourth-order valence-electron chi connectivity index (χ4n) is 2.90. The summed E-state index contributed by atoms with van der Waals surface area (Å²) >= 11 is 6.07. The molecule has 1 aromatic heterocycles. The second kappa shape index (κ2) is 6.12. The number of benzene rings is 1. The lowest BCUT2D eigenvalue weighted by atomic mass is 10.1. The Morgan fingerprint density at radius 1 is 1.32 bits per heavy atom. The summed E-state index contributed by atoms with van der Waals surface area (Å²) in [5.74, 6) is -0.0218. The summed E-state index contributed by atoms with van der Waals surface area (Å²) in [5, 5.41) is 10.7. The third kappa shape index (κ3) is 2.96. The monoisotopic (exact) mass is 340 g/mol. The zero-order chi connectivity index (χ0) is 15.7. The van der Waals surface area contributed by atoms with Gasteiger partial charge in [0, 0.05) is 18.1 Å². The first-order valence-corrected chi connectivity index (χ1v) is 9.06. The summed E-state index contributed by atoms with van der Waals surface area (Å²) in [6, 6.07) is 6.39. The molecule has 0 radical (unpaired) electrons. The molecular weight excluding hydrogens is 324 g/mol. The van der Waals surface area contributed by atoms with Crippen molar-refractivity contribution in [3.63, 3.8) is 0 Å². The highest BCUT2D eigenvalue weighted by Crippen LogP contribution is 2.28. The number of hydrogen-bond acceptors (Lipinski definition) is 4. The summed E-state index contributed by atoms with van der Waals surface area (Å²) in [6.45, 7) is 0.244. The molecule has 0 saturated heterocycles. The maximum absolute atomic E-state index is 12.6. The number of halogens is 1. The number of rotatable bonds is 4. The number of fused-ring (bicyclic) bond motifs is 1. The van der Waals surface area contributed by atoms with E-state index in [1.165, 1.54) is 12.1 Å². The normalized spacial score (nSPS) is 22.3. The molecule has 0 amide bonds. The Bertz CT molecular complexity index is 794. The maximum atomic E-state index is 12.6. The van der Waals surface area contributed by atoms with E-state index >= 15 is 0 Å². The number of sulfonamides is 1. The van der Waals surface area contributed by atoms with Crippen LogP contribution in [0.1, 0.15) is 19.3 Å². The van der Waals surface area contributed by atoms with E-state index in [2.05, 4.69) is 9.71 Å². The third-order valence-electron chi connectivity index (χ3n) is 4.12. The van der Waals surface area contributed by atoms with Crippen molar-refractivity contribution in [3.8, 4) is 0 Å². The van der Waals surface area contributed by atoms with E-state index < -0.39 is 16.1 Å². The second-order valence-electron chi connectivity index (χ2n) is 5.56. The number of nitrogens with one attached hydrogen (secondary N) is 1. The van der Waals surface area contributed by atoms with E-state index in [-0.39, 0.29) is 17.4 Å². The molecule has 1 heterocycles. The Hall–Kier alpha value is -1.21. The van der Waals surface area contributed by atoms with Gasteiger partial charge in [0.05, 0.1) is 21.5 Å². The first kappa shape index (κ1) is 15.7. The summed E-state index contributed by atoms with van der Waals surface area (Å²) < 4.78 is 27.7. The average molecular weight is 341 g/mol. The first-order chi connectivity index (χ1) is 10.5. The fraction of sp³-hybridized carbons (Fsp3) is 0.400. The SMILES string of the molecule is O=S(=O)(NC[C@@H]1CCC[C@H]1O)c1ccc(Cl)c2ncccc12.